The lowest BCUT2D eigenvalue weighted by molar-refractivity contribution is -0.133. The van der Waals surface area contributed by atoms with E-state index in [1.165, 1.54) is 9.08 Å². The molecule has 1 amide bonds. The van der Waals surface area contributed by atoms with Gasteiger partial charge in [0.2, 0.25) is 5.91 Å². The van der Waals surface area contributed by atoms with Crippen LogP contribution in [0.2, 0.25) is 0 Å². The first-order chi connectivity index (χ1) is 13.1. The maximum Gasteiger partial charge on any atom is 0.350 e. The van der Waals surface area contributed by atoms with Crippen molar-refractivity contribution in [3.63, 3.8) is 0 Å². The summed E-state index contributed by atoms with van der Waals surface area (Å²) in [4.78, 5) is 39.1. The molecular weight excluding hydrogens is 344 g/mol. The van der Waals surface area contributed by atoms with Gasteiger partial charge in [-0.05, 0) is 25.0 Å². The van der Waals surface area contributed by atoms with E-state index in [2.05, 4.69) is 5.10 Å². The van der Waals surface area contributed by atoms with E-state index in [0.717, 1.165) is 5.56 Å². The highest BCUT2D eigenvalue weighted by Gasteiger charge is 2.28. The molecule has 0 bridgehead atoms. The van der Waals surface area contributed by atoms with E-state index < -0.39 is 0 Å². The predicted molar refractivity (Wildman–Crippen MR) is 99.5 cm³/mol. The smallest absolute Gasteiger partial charge is 0.341 e. The van der Waals surface area contributed by atoms with Gasteiger partial charge in [-0.25, -0.2) is 9.48 Å². The Morgan fingerprint density at radius 1 is 1.00 bits per heavy atom. The Morgan fingerprint density at radius 3 is 2.41 bits per heavy atom. The molecule has 7 nitrogen and oxygen atoms in total. The number of hydrogen-bond acceptors (Lipinski definition) is 4. The summed E-state index contributed by atoms with van der Waals surface area (Å²) in [7, 11) is 0. The molecule has 1 aromatic carbocycles. The molecule has 0 spiro atoms. The molecule has 1 fully saturated rings. The SMILES string of the molecule is O=C(c1ccccc1)C1CCN(C(=O)Cn2nc3ccccn3c2=O)CC1. The second kappa shape index (κ2) is 7.19. The number of amides is 1. The van der Waals surface area contributed by atoms with Crippen LogP contribution in [0.3, 0.4) is 0 Å². The van der Waals surface area contributed by atoms with Crippen LogP contribution >= 0.6 is 0 Å². The van der Waals surface area contributed by atoms with Crippen molar-refractivity contribution >= 4 is 17.3 Å². The highest BCUT2D eigenvalue weighted by molar-refractivity contribution is 5.98. The molecule has 0 saturated carbocycles. The molecule has 3 heterocycles. The van der Waals surface area contributed by atoms with Gasteiger partial charge in [-0.15, -0.1) is 5.10 Å². The molecule has 7 heteroatoms. The molecular formula is C20H20N4O3. The van der Waals surface area contributed by atoms with Crippen LogP contribution < -0.4 is 5.69 Å². The molecule has 0 N–H and O–H groups in total. The van der Waals surface area contributed by atoms with Crippen molar-refractivity contribution in [1.29, 1.82) is 0 Å². The quantitative estimate of drug-likeness (QED) is 0.659. The lowest BCUT2D eigenvalue weighted by atomic mass is 9.89. The molecule has 0 atom stereocenters. The molecule has 0 radical (unpaired) electrons. The highest BCUT2D eigenvalue weighted by Crippen LogP contribution is 2.22. The molecule has 0 unspecified atom stereocenters. The fraction of sp³-hybridized carbons (Fsp3) is 0.300. The van der Waals surface area contributed by atoms with Crippen molar-refractivity contribution in [2.75, 3.05) is 13.1 Å². The van der Waals surface area contributed by atoms with Crippen LogP contribution in [-0.2, 0) is 11.3 Å². The van der Waals surface area contributed by atoms with Crippen LogP contribution in [0.15, 0.2) is 59.5 Å². The van der Waals surface area contributed by atoms with E-state index in [-0.39, 0.29) is 29.8 Å². The zero-order chi connectivity index (χ0) is 18.8. The molecule has 2 aromatic heterocycles. The summed E-state index contributed by atoms with van der Waals surface area (Å²) in [6.45, 7) is 0.951. The first-order valence-electron chi connectivity index (χ1n) is 9.05. The van der Waals surface area contributed by atoms with Gasteiger partial charge in [-0.3, -0.25) is 14.0 Å². The number of Topliss-reactive ketones (excluding diaryl/α,β-unsaturated/α-hetero) is 1. The van der Waals surface area contributed by atoms with Crippen molar-refractivity contribution in [1.82, 2.24) is 19.1 Å². The van der Waals surface area contributed by atoms with E-state index in [4.69, 9.17) is 0 Å². The number of likely N-dealkylation sites (tertiary alicyclic amines) is 1. The van der Waals surface area contributed by atoms with Crippen LogP contribution in [0.5, 0.6) is 0 Å². The fourth-order valence-corrected chi connectivity index (χ4v) is 3.53. The lowest BCUT2D eigenvalue weighted by Crippen LogP contribution is -2.43. The van der Waals surface area contributed by atoms with Crippen LogP contribution in [-0.4, -0.2) is 43.9 Å². The largest absolute Gasteiger partial charge is 0.350 e. The number of aromatic nitrogens is 3. The standard InChI is InChI=1S/C20H20N4O3/c25-18(14-24-20(27)23-11-5-4-8-17(23)21-24)22-12-9-16(10-13-22)19(26)15-6-2-1-3-7-15/h1-8,11,16H,9-10,12-14H2. The molecule has 138 valence electrons. The van der Waals surface area contributed by atoms with Crippen LogP contribution in [0.4, 0.5) is 0 Å². The van der Waals surface area contributed by atoms with Crippen molar-refractivity contribution < 1.29 is 9.59 Å². The third-order valence-corrected chi connectivity index (χ3v) is 5.05. The Balaban J connectivity index is 1.39. The van der Waals surface area contributed by atoms with Gasteiger partial charge in [0.05, 0.1) is 0 Å². The first-order valence-corrected chi connectivity index (χ1v) is 9.05. The summed E-state index contributed by atoms with van der Waals surface area (Å²) in [5.74, 6) is -0.0697. The number of benzene rings is 1. The summed E-state index contributed by atoms with van der Waals surface area (Å²) >= 11 is 0. The molecule has 1 aliphatic rings. The summed E-state index contributed by atoms with van der Waals surface area (Å²) in [5.41, 5.74) is 0.911. The van der Waals surface area contributed by atoms with Gasteiger partial charge in [0.25, 0.3) is 0 Å². The molecule has 4 rings (SSSR count). The Bertz CT molecular complexity index is 1030. The van der Waals surface area contributed by atoms with Gasteiger partial charge in [0.15, 0.2) is 11.4 Å². The Kier molecular flexibility index (Phi) is 4.58. The zero-order valence-corrected chi connectivity index (χ0v) is 14.8. The van der Waals surface area contributed by atoms with Crippen molar-refractivity contribution in [3.8, 4) is 0 Å². The van der Waals surface area contributed by atoms with Crippen LogP contribution in [0.25, 0.3) is 5.65 Å². The Hall–Kier alpha value is -3.22. The minimum atomic E-state index is -0.326. The number of hydrogen-bond donors (Lipinski definition) is 0. The number of ketones is 1. The van der Waals surface area contributed by atoms with E-state index >= 15 is 0 Å². The van der Waals surface area contributed by atoms with Gasteiger partial charge in [-0.2, -0.15) is 0 Å². The number of carbonyl (C=O) groups excluding carboxylic acids is 2. The van der Waals surface area contributed by atoms with Gasteiger partial charge < -0.3 is 4.90 Å². The summed E-state index contributed by atoms with van der Waals surface area (Å²) < 4.78 is 2.61. The lowest BCUT2D eigenvalue weighted by Gasteiger charge is -2.31. The number of nitrogens with zero attached hydrogens (tertiary/aromatic N) is 4. The molecule has 27 heavy (non-hydrogen) atoms. The topological polar surface area (TPSA) is 76.7 Å². The maximum absolute atomic E-state index is 12.6. The molecule has 1 saturated heterocycles. The van der Waals surface area contributed by atoms with E-state index in [1.807, 2.05) is 30.3 Å². The van der Waals surface area contributed by atoms with Gasteiger partial charge in [-0.1, -0.05) is 36.4 Å². The third-order valence-electron chi connectivity index (χ3n) is 5.05. The number of pyridine rings is 1. The van der Waals surface area contributed by atoms with Crippen LogP contribution in [0, 0.1) is 5.92 Å². The number of fused-ring (bicyclic) bond motifs is 1. The van der Waals surface area contributed by atoms with Crippen LogP contribution in [0.1, 0.15) is 23.2 Å². The zero-order valence-electron chi connectivity index (χ0n) is 14.8. The molecule has 3 aromatic rings. The first kappa shape index (κ1) is 17.2. The van der Waals surface area contributed by atoms with E-state index in [0.29, 0.717) is 31.6 Å². The van der Waals surface area contributed by atoms with Crippen molar-refractivity contribution in [2.45, 2.75) is 19.4 Å². The molecule has 1 aliphatic heterocycles. The van der Waals surface area contributed by atoms with Crippen molar-refractivity contribution in [3.05, 3.63) is 70.8 Å². The minimum absolute atomic E-state index is 0.0608. The Labute approximate surface area is 155 Å². The summed E-state index contributed by atoms with van der Waals surface area (Å²) in [6.07, 6.45) is 2.91. The van der Waals surface area contributed by atoms with Gasteiger partial charge in [0.1, 0.15) is 6.54 Å². The summed E-state index contributed by atoms with van der Waals surface area (Å²) in [5, 5.41) is 4.20. The van der Waals surface area contributed by atoms with E-state index in [9.17, 15) is 14.4 Å². The normalized spacial score (nSPS) is 15.2. The predicted octanol–water partition coefficient (Wildman–Crippen LogP) is 1.62. The van der Waals surface area contributed by atoms with Gasteiger partial charge in [0, 0.05) is 30.8 Å². The van der Waals surface area contributed by atoms with Gasteiger partial charge >= 0.3 is 5.69 Å². The maximum atomic E-state index is 12.6. The Morgan fingerprint density at radius 2 is 1.70 bits per heavy atom. The average molecular weight is 364 g/mol. The van der Waals surface area contributed by atoms with E-state index in [1.54, 1.807) is 29.3 Å². The number of piperidine rings is 1. The fourth-order valence-electron chi connectivity index (χ4n) is 3.53. The number of carbonyl (C=O) groups is 2. The molecule has 0 aliphatic carbocycles. The third kappa shape index (κ3) is 3.40. The number of rotatable bonds is 4. The average Bonchev–Trinajstić information content (AvgIpc) is 3.04. The second-order valence-corrected chi connectivity index (χ2v) is 6.75. The van der Waals surface area contributed by atoms with Crippen molar-refractivity contribution in [2.24, 2.45) is 5.92 Å². The highest BCUT2D eigenvalue weighted by atomic mass is 16.2. The minimum Gasteiger partial charge on any atom is -0.341 e. The summed E-state index contributed by atoms with van der Waals surface area (Å²) in [6, 6.07) is 14.5. The monoisotopic (exact) mass is 364 g/mol. The second-order valence-electron chi connectivity index (χ2n) is 6.75.